The van der Waals surface area contributed by atoms with Crippen LogP contribution in [0.3, 0.4) is 0 Å². The van der Waals surface area contributed by atoms with Crippen LogP contribution in [0.2, 0.25) is 0 Å². The lowest BCUT2D eigenvalue weighted by molar-refractivity contribution is 0.0191. The third-order valence-electron chi connectivity index (χ3n) is 3.19. The van der Waals surface area contributed by atoms with Gasteiger partial charge in [0, 0.05) is 26.2 Å². The fourth-order valence-corrected chi connectivity index (χ4v) is 2.01. The van der Waals surface area contributed by atoms with Gasteiger partial charge in [0.15, 0.2) is 5.96 Å². The lowest BCUT2D eigenvalue weighted by atomic mass is 10.1. The number of guanidine groups is 1. The zero-order chi connectivity index (χ0) is 14.6. The summed E-state index contributed by atoms with van der Waals surface area (Å²) in [5.74, 6) is 1.57. The van der Waals surface area contributed by atoms with E-state index in [0.29, 0.717) is 25.2 Å². The molecule has 0 aromatic heterocycles. The maximum atomic E-state index is 5.62. The van der Waals surface area contributed by atoms with Crippen LogP contribution < -0.4 is 10.6 Å². The van der Waals surface area contributed by atoms with Gasteiger partial charge >= 0.3 is 0 Å². The molecule has 1 fully saturated rings. The topological polar surface area (TPSA) is 54.9 Å². The molecule has 1 aliphatic rings. The Morgan fingerprint density at radius 3 is 2.90 bits per heavy atom. The van der Waals surface area contributed by atoms with Crippen molar-refractivity contribution in [3.05, 3.63) is 0 Å². The van der Waals surface area contributed by atoms with Crippen LogP contribution in [0.15, 0.2) is 4.99 Å². The molecular formula is C15H31N3O2. The maximum Gasteiger partial charge on any atom is 0.191 e. The predicted molar refractivity (Wildman–Crippen MR) is 83.2 cm³/mol. The summed E-state index contributed by atoms with van der Waals surface area (Å²) in [4.78, 5) is 4.54. The molecule has 0 aliphatic carbocycles. The molecule has 1 rings (SSSR count). The average Bonchev–Trinajstić information content (AvgIpc) is 2.91. The minimum atomic E-state index is 0.308. The van der Waals surface area contributed by atoms with Crippen molar-refractivity contribution in [1.82, 2.24) is 10.6 Å². The summed E-state index contributed by atoms with van der Waals surface area (Å²) in [7, 11) is 0. The van der Waals surface area contributed by atoms with Gasteiger partial charge in [0.2, 0.25) is 0 Å². The number of aliphatic imine (C=N–C) groups is 1. The van der Waals surface area contributed by atoms with E-state index < -0.39 is 0 Å². The molecule has 0 spiro atoms. The molecule has 1 atom stereocenters. The van der Waals surface area contributed by atoms with Gasteiger partial charge in [-0.15, -0.1) is 0 Å². The van der Waals surface area contributed by atoms with Crippen LogP contribution >= 0.6 is 0 Å². The summed E-state index contributed by atoms with van der Waals surface area (Å²) in [5.41, 5.74) is 0. The molecule has 0 bridgehead atoms. The number of nitrogens with zero attached hydrogens (tertiary/aromatic N) is 1. The molecular weight excluding hydrogens is 254 g/mol. The van der Waals surface area contributed by atoms with Crippen LogP contribution in [0.1, 0.15) is 40.0 Å². The normalized spacial score (nSPS) is 19.6. The van der Waals surface area contributed by atoms with Crippen molar-refractivity contribution in [2.24, 2.45) is 10.9 Å². The van der Waals surface area contributed by atoms with Crippen molar-refractivity contribution in [1.29, 1.82) is 0 Å². The number of hydrogen-bond acceptors (Lipinski definition) is 3. The Morgan fingerprint density at radius 1 is 1.40 bits per heavy atom. The molecule has 1 unspecified atom stereocenters. The van der Waals surface area contributed by atoms with Crippen LogP contribution in [-0.4, -0.2) is 51.5 Å². The third kappa shape index (κ3) is 8.38. The summed E-state index contributed by atoms with van der Waals surface area (Å²) in [6, 6.07) is 0. The zero-order valence-electron chi connectivity index (χ0n) is 13.3. The second kappa shape index (κ2) is 10.9. The molecule has 0 amide bonds. The molecule has 1 aliphatic heterocycles. The van der Waals surface area contributed by atoms with Gasteiger partial charge in [-0.05, 0) is 32.1 Å². The molecule has 20 heavy (non-hydrogen) atoms. The van der Waals surface area contributed by atoms with Crippen molar-refractivity contribution < 1.29 is 9.47 Å². The van der Waals surface area contributed by atoms with E-state index in [1.165, 1.54) is 6.42 Å². The maximum absolute atomic E-state index is 5.62. The number of rotatable bonds is 9. The van der Waals surface area contributed by atoms with Gasteiger partial charge in [0.25, 0.3) is 0 Å². The van der Waals surface area contributed by atoms with E-state index in [2.05, 4.69) is 36.4 Å². The number of hydrogen-bond donors (Lipinski definition) is 2. The van der Waals surface area contributed by atoms with Crippen LogP contribution in [0.5, 0.6) is 0 Å². The molecule has 0 radical (unpaired) electrons. The van der Waals surface area contributed by atoms with Crippen molar-refractivity contribution in [3.8, 4) is 0 Å². The highest BCUT2D eigenvalue weighted by Crippen LogP contribution is 2.11. The van der Waals surface area contributed by atoms with Crippen molar-refractivity contribution in [2.75, 3.05) is 39.5 Å². The molecule has 0 saturated carbocycles. The second-order valence-electron chi connectivity index (χ2n) is 5.58. The van der Waals surface area contributed by atoms with Crippen LogP contribution in [0, 0.1) is 5.92 Å². The van der Waals surface area contributed by atoms with Gasteiger partial charge in [-0.25, -0.2) is 0 Å². The van der Waals surface area contributed by atoms with Crippen molar-refractivity contribution in [2.45, 2.75) is 46.1 Å². The molecule has 5 nitrogen and oxygen atoms in total. The Balaban J connectivity index is 2.08. The fourth-order valence-electron chi connectivity index (χ4n) is 2.01. The molecule has 1 heterocycles. The molecule has 5 heteroatoms. The van der Waals surface area contributed by atoms with Crippen LogP contribution in [0.4, 0.5) is 0 Å². The summed E-state index contributed by atoms with van der Waals surface area (Å²) >= 11 is 0. The lowest BCUT2D eigenvalue weighted by Gasteiger charge is -2.13. The molecule has 2 N–H and O–H groups in total. The summed E-state index contributed by atoms with van der Waals surface area (Å²) in [6.07, 6.45) is 3.72. The Hall–Kier alpha value is -0.810. The Bertz CT molecular complexity index is 264. The average molecular weight is 285 g/mol. The van der Waals surface area contributed by atoms with Crippen molar-refractivity contribution in [3.63, 3.8) is 0 Å². The van der Waals surface area contributed by atoms with E-state index in [1.807, 2.05) is 0 Å². The van der Waals surface area contributed by atoms with E-state index in [-0.39, 0.29) is 0 Å². The first-order chi connectivity index (χ1) is 9.72. The van der Waals surface area contributed by atoms with Gasteiger partial charge < -0.3 is 20.1 Å². The largest absolute Gasteiger partial charge is 0.377 e. The van der Waals surface area contributed by atoms with E-state index in [4.69, 9.17) is 9.47 Å². The smallest absolute Gasteiger partial charge is 0.191 e. The predicted octanol–water partition coefficient (Wildman–Crippen LogP) is 1.78. The standard InChI is InChI=1S/C15H31N3O2/c1-4-16-15(17-8-7-13(2)3)18-9-11-19-12-14-6-5-10-20-14/h13-14H,4-12H2,1-3H3,(H2,16,17,18). The van der Waals surface area contributed by atoms with Gasteiger partial charge in [0.1, 0.15) is 0 Å². The molecule has 1 saturated heterocycles. The highest BCUT2D eigenvalue weighted by Gasteiger charge is 2.14. The van der Waals surface area contributed by atoms with Crippen LogP contribution in [-0.2, 0) is 9.47 Å². The van der Waals surface area contributed by atoms with Gasteiger partial charge in [-0.3, -0.25) is 4.99 Å². The molecule has 0 aromatic carbocycles. The molecule has 118 valence electrons. The lowest BCUT2D eigenvalue weighted by Crippen LogP contribution is -2.39. The molecule has 0 aromatic rings. The highest BCUT2D eigenvalue weighted by molar-refractivity contribution is 5.79. The summed E-state index contributed by atoms with van der Waals surface area (Å²) < 4.78 is 11.1. The van der Waals surface area contributed by atoms with Gasteiger partial charge in [0.05, 0.1) is 19.3 Å². The minimum Gasteiger partial charge on any atom is -0.377 e. The fraction of sp³-hybridized carbons (Fsp3) is 0.933. The van der Waals surface area contributed by atoms with E-state index in [1.54, 1.807) is 0 Å². The zero-order valence-corrected chi connectivity index (χ0v) is 13.3. The monoisotopic (exact) mass is 285 g/mol. The first kappa shape index (κ1) is 17.2. The first-order valence-corrected chi connectivity index (χ1v) is 7.94. The highest BCUT2D eigenvalue weighted by atomic mass is 16.5. The number of nitrogens with one attached hydrogen (secondary N) is 2. The van der Waals surface area contributed by atoms with E-state index in [0.717, 1.165) is 45.0 Å². The second-order valence-corrected chi connectivity index (χ2v) is 5.58. The van der Waals surface area contributed by atoms with Crippen molar-refractivity contribution >= 4 is 5.96 Å². The van der Waals surface area contributed by atoms with E-state index in [9.17, 15) is 0 Å². The third-order valence-corrected chi connectivity index (χ3v) is 3.19. The first-order valence-electron chi connectivity index (χ1n) is 7.94. The Morgan fingerprint density at radius 2 is 2.25 bits per heavy atom. The van der Waals surface area contributed by atoms with E-state index >= 15 is 0 Å². The minimum absolute atomic E-state index is 0.308. The Kier molecular flexibility index (Phi) is 9.41. The van der Waals surface area contributed by atoms with Gasteiger partial charge in [-0.2, -0.15) is 0 Å². The quantitative estimate of drug-likeness (QED) is 0.385. The Labute approximate surface area is 123 Å². The SMILES string of the molecule is CCNC(=NCCC(C)C)NCCOCC1CCCO1. The van der Waals surface area contributed by atoms with Gasteiger partial charge in [-0.1, -0.05) is 13.8 Å². The summed E-state index contributed by atoms with van der Waals surface area (Å²) in [5, 5.41) is 6.54. The number of ether oxygens (including phenoxy) is 2. The van der Waals surface area contributed by atoms with Crippen LogP contribution in [0.25, 0.3) is 0 Å². The summed E-state index contributed by atoms with van der Waals surface area (Å²) in [6.45, 7) is 11.3.